The lowest BCUT2D eigenvalue weighted by Gasteiger charge is -2.33. The smallest absolute Gasteiger partial charge is 0.223 e. The van der Waals surface area contributed by atoms with Crippen LogP contribution in [0.25, 0.3) is 0 Å². The molecule has 1 aromatic rings. The minimum absolute atomic E-state index is 0.0889. The summed E-state index contributed by atoms with van der Waals surface area (Å²) < 4.78 is 0. The maximum atomic E-state index is 12.1. The molecule has 0 N–H and O–H groups in total. The zero-order valence-corrected chi connectivity index (χ0v) is 13.9. The zero-order chi connectivity index (χ0) is 16.4. The predicted octanol–water partition coefficient (Wildman–Crippen LogP) is 0.594. The van der Waals surface area contributed by atoms with Crippen LogP contribution >= 0.6 is 0 Å². The largest absolute Gasteiger partial charge is 0.345 e. The van der Waals surface area contributed by atoms with Gasteiger partial charge in [0.05, 0.1) is 5.69 Å². The second-order valence-electron chi connectivity index (χ2n) is 6.90. The van der Waals surface area contributed by atoms with Gasteiger partial charge in [0.2, 0.25) is 11.8 Å². The van der Waals surface area contributed by atoms with Crippen molar-refractivity contribution in [3.63, 3.8) is 0 Å². The van der Waals surface area contributed by atoms with Crippen molar-refractivity contribution in [2.45, 2.75) is 19.9 Å². The van der Waals surface area contributed by atoms with Gasteiger partial charge in [-0.15, -0.1) is 0 Å². The highest BCUT2D eigenvalue weighted by Gasteiger charge is 2.45. The number of pyridine rings is 1. The van der Waals surface area contributed by atoms with Crippen LogP contribution in [-0.4, -0.2) is 71.3 Å². The first-order chi connectivity index (χ1) is 11.0. The van der Waals surface area contributed by atoms with Gasteiger partial charge in [-0.1, -0.05) is 6.07 Å². The molecule has 0 bridgehead atoms. The molecule has 0 radical (unpaired) electrons. The second-order valence-corrected chi connectivity index (χ2v) is 6.90. The number of hydrogen-bond acceptors (Lipinski definition) is 4. The normalized spacial score (nSPS) is 25.9. The Balaban J connectivity index is 1.80. The SMILES string of the molecule is CC(=O)N1CCN(Cc2ccccn2)C[C@]2(CC(=O)N(C)C2)C1. The van der Waals surface area contributed by atoms with Crippen molar-refractivity contribution in [2.75, 3.05) is 39.8 Å². The zero-order valence-electron chi connectivity index (χ0n) is 13.9. The molecule has 3 rings (SSSR count). The lowest BCUT2D eigenvalue weighted by molar-refractivity contribution is -0.130. The maximum Gasteiger partial charge on any atom is 0.223 e. The number of nitrogens with zero attached hydrogens (tertiary/aromatic N) is 4. The summed E-state index contributed by atoms with van der Waals surface area (Å²) in [5.74, 6) is 0.263. The van der Waals surface area contributed by atoms with Crippen molar-refractivity contribution in [2.24, 2.45) is 5.41 Å². The molecule has 0 aliphatic carbocycles. The number of likely N-dealkylation sites (tertiary alicyclic amines) is 1. The molecule has 1 atom stereocenters. The molecule has 0 unspecified atom stereocenters. The molecule has 2 fully saturated rings. The van der Waals surface area contributed by atoms with E-state index in [1.807, 2.05) is 30.1 Å². The van der Waals surface area contributed by atoms with Crippen LogP contribution in [0.4, 0.5) is 0 Å². The minimum atomic E-state index is -0.164. The van der Waals surface area contributed by atoms with Gasteiger partial charge < -0.3 is 9.80 Å². The Morgan fingerprint density at radius 3 is 2.70 bits per heavy atom. The fourth-order valence-electron chi connectivity index (χ4n) is 3.79. The number of amides is 2. The quantitative estimate of drug-likeness (QED) is 0.801. The maximum absolute atomic E-state index is 12.1. The molecule has 1 spiro atoms. The summed E-state index contributed by atoms with van der Waals surface area (Å²) in [6.45, 7) is 6.10. The summed E-state index contributed by atoms with van der Waals surface area (Å²) >= 11 is 0. The van der Waals surface area contributed by atoms with E-state index in [2.05, 4.69) is 9.88 Å². The third-order valence-corrected chi connectivity index (χ3v) is 4.85. The Kier molecular flexibility index (Phi) is 4.35. The van der Waals surface area contributed by atoms with E-state index >= 15 is 0 Å². The molecule has 6 heteroatoms. The molecule has 6 nitrogen and oxygen atoms in total. The summed E-state index contributed by atoms with van der Waals surface area (Å²) in [7, 11) is 1.85. The van der Waals surface area contributed by atoms with E-state index < -0.39 is 0 Å². The van der Waals surface area contributed by atoms with Crippen molar-refractivity contribution in [1.29, 1.82) is 0 Å². The molecular weight excluding hydrogens is 292 g/mol. The van der Waals surface area contributed by atoms with E-state index in [4.69, 9.17) is 0 Å². The van der Waals surface area contributed by atoms with Gasteiger partial charge in [-0.05, 0) is 12.1 Å². The van der Waals surface area contributed by atoms with Gasteiger partial charge in [0.25, 0.3) is 0 Å². The first-order valence-electron chi connectivity index (χ1n) is 8.09. The molecule has 124 valence electrons. The van der Waals surface area contributed by atoms with Crippen LogP contribution in [-0.2, 0) is 16.1 Å². The predicted molar refractivity (Wildman–Crippen MR) is 86.5 cm³/mol. The molecule has 2 aliphatic heterocycles. The summed E-state index contributed by atoms with van der Waals surface area (Å²) in [6.07, 6.45) is 2.32. The summed E-state index contributed by atoms with van der Waals surface area (Å²) in [4.78, 5) is 34.4. The summed E-state index contributed by atoms with van der Waals surface area (Å²) in [6, 6.07) is 5.92. The van der Waals surface area contributed by atoms with Crippen LogP contribution in [0.15, 0.2) is 24.4 Å². The molecule has 0 saturated carbocycles. The monoisotopic (exact) mass is 316 g/mol. The average Bonchev–Trinajstić information content (AvgIpc) is 2.68. The fourth-order valence-corrected chi connectivity index (χ4v) is 3.79. The lowest BCUT2D eigenvalue weighted by Crippen LogP contribution is -2.43. The van der Waals surface area contributed by atoms with Gasteiger partial charge in [-0.2, -0.15) is 0 Å². The number of aromatic nitrogens is 1. The molecule has 2 amide bonds. The van der Waals surface area contributed by atoms with Crippen LogP contribution in [0.3, 0.4) is 0 Å². The number of carbonyl (C=O) groups is 2. The molecule has 0 aromatic carbocycles. The summed E-state index contributed by atoms with van der Waals surface area (Å²) in [5.41, 5.74) is 0.861. The molecule has 2 aliphatic rings. The molecular formula is C17H24N4O2. The van der Waals surface area contributed by atoms with Crippen molar-refractivity contribution >= 4 is 11.8 Å². The third kappa shape index (κ3) is 3.52. The Morgan fingerprint density at radius 2 is 2.09 bits per heavy atom. The van der Waals surface area contributed by atoms with E-state index in [0.717, 1.165) is 25.3 Å². The minimum Gasteiger partial charge on any atom is -0.345 e. The van der Waals surface area contributed by atoms with Gasteiger partial charge in [-0.25, -0.2) is 0 Å². The molecule has 23 heavy (non-hydrogen) atoms. The Morgan fingerprint density at radius 1 is 1.26 bits per heavy atom. The van der Waals surface area contributed by atoms with Crippen molar-refractivity contribution in [3.8, 4) is 0 Å². The highest BCUT2D eigenvalue weighted by atomic mass is 16.2. The first-order valence-corrected chi connectivity index (χ1v) is 8.09. The third-order valence-electron chi connectivity index (χ3n) is 4.85. The van der Waals surface area contributed by atoms with E-state index in [9.17, 15) is 9.59 Å². The van der Waals surface area contributed by atoms with Crippen LogP contribution in [0, 0.1) is 5.41 Å². The van der Waals surface area contributed by atoms with Gasteiger partial charge in [-0.3, -0.25) is 19.5 Å². The molecule has 2 saturated heterocycles. The lowest BCUT2D eigenvalue weighted by atomic mass is 9.86. The molecule has 1 aromatic heterocycles. The average molecular weight is 316 g/mol. The van der Waals surface area contributed by atoms with E-state index in [1.165, 1.54) is 0 Å². The molecule has 3 heterocycles. The van der Waals surface area contributed by atoms with Gasteiger partial charge in [0.1, 0.15) is 0 Å². The Labute approximate surface area is 137 Å². The number of hydrogen-bond donors (Lipinski definition) is 0. The Bertz CT molecular complexity index is 592. The standard InChI is InChI=1S/C17H24N4O2/c1-14(22)21-8-7-20(10-15-5-3-4-6-18-15)12-17(13-21)9-16(23)19(2)11-17/h3-6H,7-13H2,1-2H3/t17-/m1/s1. The van der Waals surface area contributed by atoms with E-state index in [1.54, 1.807) is 18.0 Å². The van der Waals surface area contributed by atoms with Gasteiger partial charge in [0, 0.05) is 71.3 Å². The number of carbonyl (C=O) groups excluding carboxylic acids is 2. The highest BCUT2D eigenvalue weighted by molar-refractivity contribution is 5.79. The van der Waals surface area contributed by atoms with Crippen LogP contribution in [0.2, 0.25) is 0 Å². The van der Waals surface area contributed by atoms with E-state index in [0.29, 0.717) is 26.1 Å². The topological polar surface area (TPSA) is 56.8 Å². The highest BCUT2D eigenvalue weighted by Crippen LogP contribution is 2.34. The van der Waals surface area contributed by atoms with Crippen molar-refractivity contribution < 1.29 is 9.59 Å². The summed E-state index contributed by atoms with van der Waals surface area (Å²) in [5, 5.41) is 0. The van der Waals surface area contributed by atoms with Crippen LogP contribution < -0.4 is 0 Å². The van der Waals surface area contributed by atoms with Gasteiger partial charge >= 0.3 is 0 Å². The van der Waals surface area contributed by atoms with Crippen LogP contribution in [0.1, 0.15) is 19.0 Å². The van der Waals surface area contributed by atoms with Crippen molar-refractivity contribution in [1.82, 2.24) is 19.7 Å². The van der Waals surface area contributed by atoms with Crippen LogP contribution in [0.5, 0.6) is 0 Å². The Hall–Kier alpha value is -1.95. The fraction of sp³-hybridized carbons (Fsp3) is 0.588. The second kappa shape index (κ2) is 6.28. The first kappa shape index (κ1) is 15.9. The number of rotatable bonds is 2. The van der Waals surface area contributed by atoms with Gasteiger partial charge in [0.15, 0.2) is 0 Å². The van der Waals surface area contributed by atoms with E-state index in [-0.39, 0.29) is 17.2 Å². The van der Waals surface area contributed by atoms with Crippen molar-refractivity contribution in [3.05, 3.63) is 30.1 Å².